The molecule has 0 fully saturated rings. The molecular weight excluding hydrogens is 320 g/mol. The van der Waals surface area contributed by atoms with E-state index in [-0.39, 0.29) is 0 Å². The summed E-state index contributed by atoms with van der Waals surface area (Å²) in [6, 6.07) is 12.1. The van der Waals surface area contributed by atoms with Gasteiger partial charge < -0.3 is 11.1 Å². The van der Waals surface area contributed by atoms with E-state index >= 15 is 0 Å². The maximum atomic E-state index is 5.75. The molecule has 0 saturated heterocycles. The van der Waals surface area contributed by atoms with Gasteiger partial charge in [-0.25, -0.2) is 0 Å². The molecule has 2 rings (SSSR count). The highest BCUT2D eigenvalue weighted by atomic mass is 79.9. The third kappa shape index (κ3) is 3.33. The third-order valence-corrected chi connectivity index (χ3v) is 3.75. The highest BCUT2D eigenvalue weighted by Gasteiger charge is 2.06. The molecule has 2 aromatic carbocycles. The zero-order valence-electron chi connectivity index (χ0n) is 10.8. The van der Waals surface area contributed by atoms with E-state index in [4.69, 9.17) is 18.0 Å². The number of anilines is 2. The van der Waals surface area contributed by atoms with Gasteiger partial charge in [-0.2, -0.15) is 0 Å². The Morgan fingerprint density at radius 3 is 2.47 bits per heavy atom. The van der Waals surface area contributed by atoms with Crippen molar-refractivity contribution in [1.29, 1.82) is 0 Å². The number of benzene rings is 2. The fourth-order valence-corrected chi connectivity index (χ4v) is 2.35. The number of aryl methyl sites for hydroxylation is 2. The van der Waals surface area contributed by atoms with Gasteiger partial charge in [-0.05, 0) is 55.3 Å². The fraction of sp³-hybridized carbons (Fsp3) is 0.133. The van der Waals surface area contributed by atoms with Crippen molar-refractivity contribution in [2.75, 3.05) is 5.32 Å². The van der Waals surface area contributed by atoms with Gasteiger partial charge in [-0.15, -0.1) is 0 Å². The van der Waals surface area contributed by atoms with Crippen molar-refractivity contribution < 1.29 is 0 Å². The summed E-state index contributed by atoms with van der Waals surface area (Å²) >= 11 is 8.54. The van der Waals surface area contributed by atoms with Gasteiger partial charge in [0.1, 0.15) is 4.99 Å². The van der Waals surface area contributed by atoms with Gasteiger partial charge in [0.05, 0.1) is 0 Å². The van der Waals surface area contributed by atoms with E-state index in [1.165, 1.54) is 11.1 Å². The normalized spacial score (nSPS) is 10.3. The lowest BCUT2D eigenvalue weighted by molar-refractivity contribution is 1.33. The first-order chi connectivity index (χ1) is 8.97. The van der Waals surface area contributed by atoms with Crippen molar-refractivity contribution in [2.24, 2.45) is 5.73 Å². The van der Waals surface area contributed by atoms with Gasteiger partial charge in [0.15, 0.2) is 0 Å². The number of hydrogen-bond acceptors (Lipinski definition) is 2. The molecule has 3 N–H and O–H groups in total. The monoisotopic (exact) mass is 334 g/mol. The lowest BCUT2D eigenvalue weighted by Gasteiger charge is -2.13. The number of nitrogens with one attached hydrogen (secondary N) is 1. The molecule has 19 heavy (non-hydrogen) atoms. The SMILES string of the molecule is Cc1ccc(Nc2cc(Br)ccc2C(N)=S)cc1C. The van der Waals surface area contributed by atoms with Gasteiger partial charge in [0.2, 0.25) is 0 Å². The van der Waals surface area contributed by atoms with Crippen LogP contribution in [-0.4, -0.2) is 4.99 Å². The maximum absolute atomic E-state index is 5.75. The van der Waals surface area contributed by atoms with E-state index in [0.717, 1.165) is 21.4 Å². The van der Waals surface area contributed by atoms with Crippen molar-refractivity contribution >= 4 is 44.5 Å². The van der Waals surface area contributed by atoms with Crippen LogP contribution in [0.25, 0.3) is 0 Å². The molecule has 2 nitrogen and oxygen atoms in total. The third-order valence-electron chi connectivity index (χ3n) is 3.03. The Labute approximate surface area is 127 Å². The Kier molecular flexibility index (Phi) is 4.22. The summed E-state index contributed by atoms with van der Waals surface area (Å²) < 4.78 is 0.985. The molecule has 98 valence electrons. The Morgan fingerprint density at radius 2 is 1.84 bits per heavy atom. The van der Waals surface area contributed by atoms with Gasteiger partial charge in [0.25, 0.3) is 0 Å². The quantitative estimate of drug-likeness (QED) is 0.814. The molecule has 0 aliphatic heterocycles. The fourth-order valence-electron chi connectivity index (χ4n) is 1.81. The molecule has 0 aliphatic rings. The summed E-state index contributed by atoms with van der Waals surface area (Å²) in [6.45, 7) is 4.19. The Balaban J connectivity index is 2.39. The van der Waals surface area contributed by atoms with Crippen molar-refractivity contribution in [2.45, 2.75) is 13.8 Å². The minimum atomic E-state index is 0.388. The van der Waals surface area contributed by atoms with Gasteiger partial charge in [-0.1, -0.05) is 34.2 Å². The zero-order valence-corrected chi connectivity index (χ0v) is 13.2. The van der Waals surface area contributed by atoms with Gasteiger partial charge >= 0.3 is 0 Å². The summed E-state index contributed by atoms with van der Waals surface area (Å²) in [5.74, 6) is 0. The topological polar surface area (TPSA) is 38.0 Å². The number of nitrogens with two attached hydrogens (primary N) is 1. The van der Waals surface area contributed by atoms with Crippen LogP contribution in [0.5, 0.6) is 0 Å². The zero-order chi connectivity index (χ0) is 14.0. The van der Waals surface area contributed by atoms with Gasteiger partial charge in [0, 0.05) is 21.4 Å². The second kappa shape index (κ2) is 5.72. The van der Waals surface area contributed by atoms with Crippen LogP contribution in [0, 0.1) is 13.8 Å². The van der Waals surface area contributed by atoms with E-state index < -0.39 is 0 Å². The van der Waals surface area contributed by atoms with Crippen LogP contribution in [-0.2, 0) is 0 Å². The largest absolute Gasteiger partial charge is 0.389 e. The molecule has 0 heterocycles. The molecule has 0 spiro atoms. The molecule has 2 aromatic rings. The van der Waals surface area contributed by atoms with E-state index in [1.807, 2.05) is 24.3 Å². The van der Waals surface area contributed by atoms with Crippen molar-refractivity contribution in [3.8, 4) is 0 Å². The molecule has 0 saturated carbocycles. The Hall–Kier alpha value is -1.39. The maximum Gasteiger partial charge on any atom is 0.106 e. The molecule has 0 aliphatic carbocycles. The lowest BCUT2D eigenvalue weighted by atomic mass is 10.1. The van der Waals surface area contributed by atoms with Crippen LogP contribution in [0.4, 0.5) is 11.4 Å². The van der Waals surface area contributed by atoms with E-state index in [2.05, 4.69) is 47.2 Å². The molecule has 4 heteroatoms. The highest BCUT2D eigenvalue weighted by molar-refractivity contribution is 9.10. The molecule has 0 unspecified atom stereocenters. The summed E-state index contributed by atoms with van der Waals surface area (Å²) in [6.07, 6.45) is 0. The minimum absolute atomic E-state index is 0.388. The standard InChI is InChI=1S/C15H15BrN2S/c1-9-3-5-12(7-10(9)2)18-14-8-11(16)4-6-13(14)15(17)19/h3-8,18H,1-2H3,(H2,17,19). The van der Waals surface area contributed by atoms with Crippen LogP contribution in [0.1, 0.15) is 16.7 Å². The average Bonchev–Trinajstić information content (AvgIpc) is 2.33. The smallest absolute Gasteiger partial charge is 0.106 e. The van der Waals surface area contributed by atoms with Crippen LogP contribution in [0.2, 0.25) is 0 Å². The lowest BCUT2D eigenvalue weighted by Crippen LogP contribution is -2.11. The molecule has 0 amide bonds. The summed E-state index contributed by atoms with van der Waals surface area (Å²) in [5.41, 5.74) is 11.0. The first kappa shape index (κ1) is 14.0. The second-order valence-electron chi connectivity index (χ2n) is 4.48. The Bertz CT molecular complexity index is 638. The highest BCUT2D eigenvalue weighted by Crippen LogP contribution is 2.26. The first-order valence-electron chi connectivity index (χ1n) is 5.91. The van der Waals surface area contributed by atoms with E-state index in [0.29, 0.717) is 4.99 Å². The van der Waals surface area contributed by atoms with Crippen LogP contribution in [0.15, 0.2) is 40.9 Å². The van der Waals surface area contributed by atoms with Crippen LogP contribution >= 0.6 is 28.1 Å². The van der Waals surface area contributed by atoms with Gasteiger partial charge in [-0.3, -0.25) is 0 Å². The number of thiocarbonyl (C=S) groups is 1. The predicted molar refractivity (Wildman–Crippen MR) is 89.2 cm³/mol. The first-order valence-corrected chi connectivity index (χ1v) is 7.11. The molecule has 0 bridgehead atoms. The molecule has 0 aromatic heterocycles. The number of hydrogen-bond donors (Lipinski definition) is 2. The van der Waals surface area contributed by atoms with E-state index in [1.54, 1.807) is 0 Å². The molecule has 0 radical (unpaired) electrons. The van der Waals surface area contributed by atoms with Crippen molar-refractivity contribution in [1.82, 2.24) is 0 Å². The number of rotatable bonds is 3. The second-order valence-corrected chi connectivity index (χ2v) is 5.83. The molecule has 0 atom stereocenters. The summed E-state index contributed by atoms with van der Waals surface area (Å²) in [5, 5.41) is 3.37. The average molecular weight is 335 g/mol. The van der Waals surface area contributed by atoms with Crippen molar-refractivity contribution in [3.05, 3.63) is 57.6 Å². The minimum Gasteiger partial charge on any atom is -0.389 e. The number of halogens is 1. The molecular formula is C15H15BrN2S. The Morgan fingerprint density at radius 1 is 1.11 bits per heavy atom. The van der Waals surface area contributed by atoms with Crippen LogP contribution < -0.4 is 11.1 Å². The van der Waals surface area contributed by atoms with Crippen LogP contribution in [0.3, 0.4) is 0 Å². The predicted octanol–water partition coefficient (Wildman–Crippen LogP) is 4.44. The van der Waals surface area contributed by atoms with E-state index in [9.17, 15) is 0 Å². The summed E-state index contributed by atoms with van der Waals surface area (Å²) in [4.78, 5) is 0.388. The summed E-state index contributed by atoms with van der Waals surface area (Å²) in [7, 11) is 0. The van der Waals surface area contributed by atoms with Crippen molar-refractivity contribution in [3.63, 3.8) is 0 Å².